The summed E-state index contributed by atoms with van der Waals surface area (Å²) in [5, 5.41) is 7.94. The van der Waals surface area contributed by atoms with Crippen molar-refractivity contribution in [1.29, 1.82) is 0 Å². The van der Waals surface area contributed by atoms with Crippen molar-refractivity contribution in [3.05, 3.63) is 47.8 Å². The number of aryl methyl sites for hydroxylation is 1. The predicted molar refractivity (Wildman–Crippen MR) is 81.0 cm³/mol. The summed E-state index contributed by atoms with van der Waals surface area (Å²) in [6.45, 7) is 5.98. The van der Waals surface area contributed by atoms with E-state index in [9.17, 15) is 0 Å². The Morgan fingerprint density at radius 2 is 2.00 bits per heavy atom. The van der Waals surface area contributed by atoms with Gasteiger partial charge in [0.15, 0.2) is 5.75 Å². The van der Waals surface area contributed by atoms with Crippen molar-refractivity contribution in [2.75, 3.05) is 13.7 Å². The van der Waals surface area contributed by atoms with Gasteiger partial charge in [-0.3, -0.25) is 4.68 Å². The topological polar surface area (TPSA) is 39.1 Å². The first kappa shape index (κ1) is 14.6. The van der Waals surface area contributed by atoms with Crippen molar-refractivity contribution in [3.8, 4) is 5.75 Å². The number of nitrogens with zero attached hydrogens (tertiary/aromatic N) is 2. The summed E-state index contributed by atoms with van der Waals surface area (Å²) in [6.07, 6.45) is 2.73. The molecule has 108 valence electrons. The molecule has 0 saturated heterocycles. The summed E-state index contributed by atoms with van der Waals surface area (Å²) in [4.78, 5) is 0. The number of ether oxygens (including phenoxy) is 1. The van der Waals surface area contributed by atoms with Crippen molar-refractivity contribution >= 4 is 0 Å². The summed E-state index contributed by atoms with van der Waals surface area (Å²) in [5.74, 6) is 0.855. The SMILES string of the molecule is CCNC(Cc1ccccc1)c1c(OC)cnn1CC. The van der Waals surface area contributed by atoms with Crippen LogP contribution in [-0.4, -0.2) is 23.4 Å². The molecule has 0 aliphatic heterocycles. The molecule has 1 unspecified atom stereocenters. The van der Waals surface area contributed by atoms with E-state index in [0.717, 1.165) is 31.0 Å². The van der Waals surface area contributed by atoms with Crippen LogP contribution in [-0.2, 0) is 13.0 Å². The van der Waals surface area contributed by atoms with Gasteiger partial charge in [0.2, 0.25) is 0 Å². The number of benzene rings is 1. The van der Waals surface area contributed by atoms with Crippen LogP contribution in [0.4, 0.5) is 0 Å². The maximum Gasteiger partial charge on any atom is 0.161 e. The van der Waals surface area contributed by atoms with Crippen molar-refractivity contribution in [2.45, 2.75) is 32.9 Å². The van der Waals surface area contributed by atoms with E-state index in [1.54, 1.807) is 13.3 Å². The largest absolute Gasteiger partial charge is 0.493 e. The van der Waals surface area contributed by atoms with Crippen LogP contribution in [0.3, 0.4) is 0 Å². The number of methoxy groups -OCH3 is 1. The van der Waals surface area contributed by atoms with Gasteiger partial charge in [0.1, 0.15) is 0 Å². The van der Waals surface area contributed by atoms with Crippen LogP contribution in [0.1, 0.15) is 31.1 Å². The summed E-state index contributed by atoms with van der Waals surface area (Å²) in [5.41, 5.74) is 2.44. The lowest BCUT2D eigenvalue weighted by Crippen LogP contribution is -2.26. The smallest absolute Gasteiger partial charge is 0.161 e. The summed E-state index contributed by atoms with van der Waals surface area (Å²) >= 11 is 0. The molecule has 1 aromatic carbocycles. The number of hydrogen-bond acceptors (Lipinski definition) is 3. The van der Waals surface area contributed by atoms with E-state index in [0.29, 0.717) is 0 Å². The fourth-order valence-electron chi connectivity index (χ4n) is 2.50. The Hall–Kier alpha value is -1.81. The van der Waals surface area contributed by atoms with Crippen LogP contribution < -0.4 is 10.1 Å². The van der Waals surface area contributed by atoms with Crippen molar-refractivity contribution in [2.24, 2.45) is 0 Å². The van der Waals surface area contributed by atoms with E-state index >= 15 is 0 Å². The summed E-state index contributed by atoms with van der Waals surface area (Å²) in [7, 11) is 1.70. The number of likely N-dealkylation sites (N-methyl/N-ethyl adjacent to an activating group) is 1. The predicted octanol–water partition coefficient (Wildman–Crippen LogP) is 2.80. The van der Waals surface area contributed by atoms with Gasteiger partial charge in [0.25, 0.3) is 0 Å². The van der Waals surface area contributed by atoms with Crippen molar-refractivity contribution in [1.82, 2.24) is 15.1 Å². The van der Waals surface area contributed by atoms with Gasteiger partial charge in [0.05, 0.1) is 25.0 Å². The lowest BCUT2D eigenvalue weighted by atomic mass is 10.0. The van der Waals surface area contributed by atoms with Gasteiger partial charge in [-0.1, -0.05) is 37.3 Å². The quantitative estimate of drug-likeness (QED) is 0.843. The van der Waals surface area contributed by atoms with Gasteiger partial charge in [-0.2, -0.15) is 5.10 Å². The molecule has 0 aliphatic carbocycles. The average Bonchev–Trinajstić information content (AvgIpc) is 2.90. The first-order chi connectivity index (χ1) is 9.80. The molecule has 1 atom stereocenters. The third-order valence-electron chi connectivity index (χ3n) is 3.43. The molecule has 0 amide bonds. The Bertz CT molecular complexity index is 500. The Morgan fingerprint density at radius 3 is 2.60 bits per heavy atom. The second kappa shape index (κ2) is 7.10. The highest BCUT2D eigenvalue weighted by molar-refractivity contribution is 5.30. The lowest BCUT2D eigenvalue weighted by Gasteiger charge is -2.20. The molecule has 0 fully saturated rings. The normalized spacial score (nSPS) is 12.3. The van der Waals surface area contributed by atoms with Gasteiger partial charge in [0, 0.05) is 6.54 Å². The third-order valence-corrected chi connectivity index (χ3v) is 3.43. The van der Waals surface area contributed by atoms with E-state index in [-0.39, 0.29) is 6.04 Å². The van der Waals surface area contributed by atoms with Crippen LogP contribution in [0, 0.1) is 0 Å². The highest BCUT2D eigenvalue weighted by Crippen LogP contribution is 2.27. The monoisotopic (exact) mass is 273 g/mol. The molecule has 1 heterocycles. The van der Waals surface area contributed by atoms with Gasteiger partial charge in [-0.25, -0.2) is 0 Å². The zero-order chi connectivity index (χ0) is 14.4. The first-order valence-electron chi connectivity index (χ1n) is 7.17. The molecule has 0 aliphatic rings. The zero-order valence-electron chi connectivity index (χ0n) is 12.5. The highest BCUT2D eigenvalue weighted by Gasteiger charge is 2.21. The molecule has 4 heteroatoms. The molecular weight excluding hydrogens is 250 g/mol. The van der Waals surface area contributed by atoms with Gasteiger partial charge in [-0.15, -0.1) is 0 Å². The fourth-order valence-corrected chi connectivity index (χ4v) is 2.50. The molecule has 0 spiro atoms. The minimum absolute atomic E-state index is 0.208. The van der Waals surface area contributed by atoms with Crippen LogP contribution in [0.15, 0.2) is 36.5 Å². The summed E-state index contributed by atoms with van der Waals surface area (Å²) < 4.78 is 7.48. The van der Waals surface area contributed by atoms with Crippen LogP contribution in [0.5, 0.6) is 5.75 Å². The number of nitrogens with one attached hydrogen (secondary N) is 1. The van der Waals surface area contributed by atoms with E-state index < -0.39 is 0 Å². The Balaban J connectivity index is 2.30. The molecule has 1 N–H and O–H groups in total. The molecule has 0 radical (unpaired) electrons. The van der Waals surface area contributed by atoms with Crippen LogP contribution in [0.2, 0.25) is 0 Å². The average molecular weight is 273 g/mol. The molecular formula is C16H23N3O. The van der Waals surface area contributed by atoms with Crippen LogP contribution in [0.25, 0.3) is 0 Å². The zero-order valence-corrected chi connectivity index (χ0v) is 12.5. The van der Waals surface area contributed by atoms with E-state index in [1.165, 1.54) is 5.56 Å². The molecule has 1 aromatic heterocycles. The molecule has 0 saturated carbocycles. The van der Waals surface area contributed by atoms with Gasteiger partial charge >= 0.3 is 0 Å². The number of hydrogen-bond donors (Lipinski definition) is 1. The number of rotatable bonds is 7. The first-order valence-corrected chi connectivity index (χ1v) is 7.17. The minimum Gasteiger partial charge on any atom is -0.493 e. The Kier molecular flexibility index (Phi) is 5.18. The van der Waals surface area contributed by atoms with E-state index in [2.05, 4.69) is 48.5 Å². The Morgan fingerprint density at radius 1 is 1.25 bits per heavy atom. The van der Waals surface area contributed by atoms with Crippen molar-refractivity contribution < 1.29 is 4.74 Å². The molecule has 0 bridgehead atoms. The molecule has 20 heavy (non-hydrogen) atoms. The molecule has 2 aromatic rings. The fraction of sp³-hybridized carbons (Fsp3) is 0.438. The third kappa shape index (κ3) is 3.20. The molecule has 4 nitrogen and oxygen atoms in total. The van der Waals surface area contributed by atoms with E-state index in [1.807, 2.05) is 10.7 Å². The second-order valence-electron chi connectivity index (χ2n) is 4.71. The highest BCUT2D eigenvalue weighted by atomic mass is 16.5. The second-order valence-corrected chi connectivity index (χ2v) is 4.71. The minimum atomic E-state index is 0.208. The standard InChI is InChI=1S/C16H23N3O/c1-4-17-14(11-13-9-7-6-8-10-13)16-15(20-3)12-18-19(16)5-2/h6-10,12,14,17H,4-5,11H2,1-3H3. The van der Waals surface area contributed by atoms with Crippen LogP contribution >= 0.6 is 0 Å². The van der Waals surface area contributed by atoms with E-state index in [4.69, 9.17) is 4.74 Å². The number of aromatic nitrogens is 2. The maximum absolute atomic E-state index is 5.47. The summed E-state index contributed by atoms with van der Waals surface area (Å²) in [6, 6.07) is 10.7. The molecule has 2 rings (SSSR count). The maximum atomic E-state index is 5.47. The van der Waals surface area contributed by atoms with Gasteiger partial charge < -0.3 is 10.1 Å². The van der Waals surface area contributed by atoms with Gasteiger partial charge in [-0.05, 0) is 25.5 Å². The Labute approximate surface area is 120 Å². The lowest BCUT2D eigenvalue weighted by molar-refractivity contribution is 0.391. The van der Waals surface area contributed by atoms with Crippen molar-refractivity contribution in [3.63, 3.8) is 0 Å².